The predicted molar refractivity (Wildman–Crippen MR) is 125 cm³/mol. The highest BCUT2D eigenvalue weighted by Gasteiger charge is 2.12. The van der Waals surface area contributed by atoms with E-state index in [1.54, 1.807) is 36.4 Å². The molecule has 0 spiro atoms. The van der Waals surface area contributed by atoms with Crippen LogP contribution in [0.2, 0.25) is 5.02 Å². The average molecular weight is 449 g/mol. The van der Waals surface area contributed by atoms with Crippen LogP contribution >= 0.6 is 11.6 Å². The Hall–Kier alpha value is -3.62. The number of anilines is 1. The maximum absolute atomic E-state index is 13.5. The van der Waals surface area contributed by atoms with E-state index in [1.165, 1.54) is 18.2 Å². The second-order valence-electron chi connectivity index (χ2n) is 7.19. The van der Waals surface area contributed by atoms with Gasteiger partial charge in [0.05, 0.1) is 6.61 Å². The summed E-state index contributed by atoms with van der Waals surface area (Å²) >= 11 is 6.10. The first-order valence-corrected chi connectivity index (χ1v) is 10.5. The Morgan fingerprint density at radius 3 is 2.69 bits per heavy atom. The van der Waals surface area contributed by atoms with E-state index in [2.05, 4.69) is 5.32 Å². The van der Waals surface area contributed by atoms with Crippen molar-refractivity contribution in [2.24, 2.45) is 0 Å². The van der Waals surface area contributed by atoms with E-state index in [-0.39, 0.29) is 11.4 Å². The maximum Gasteiger partial charge on any atom is 0.266 e. The monoisotopic (exact) mass is 448 g/mol. The minimum absolute atomic E-state index is 0.0537. The van der Waals surface area contributed by atoms with Crippen LogP contribution in [0.5, 0.6) is 5.75 Å². The number of hydrogen-bond donors (Lipinski definition) is 1. The molecule has 1 N–H and O–H groups in total. The zero-order valence-electron chi connectivity index (χ0n) is 17.8. The first-order chi connectivity index (χ1) is 15.4. The SMILES string of the molecule is CCOc1cc(/C=C(\C#N)C(=O)Nc2ccc(C)c(Cl)c2)ccc1Cc1cccc(F)c1. The molecule has 1 amide bonds. The number of halogens is 2. The van der Waals surface area contributed by atoms with E-state index in [0.717, 1.165) is 16.7 Å². The molecule has 0 heterocycles. The topological polar surface area (TPSA) is 62.1 Å². The Morgan fingerprint density at radius 2 is 2.00 bits per heavy atom. The van der Waals surface area contributed by atoms with Gasteiger partial charge in [0, 0.05) is 17.1 Å². The Morgan fingerprint density at radius 1 is 1.19 bits per heavy atom. The van der Waals surface area contributed by atoms with Gasteiger partial charge in [-0.15, -0.1) is 0 Å². The molecule has 0 saturated heterocycles. The summed E-state index contributed by atoms with van der Waals surface area (Å²) < 4.78 is 19.3. The summed E-state index contributed by atoms with van der Waals surface area (Å²) in [5.74, 6) is -0.206. The van der Waals surface area contributed by atoms with Gasteiger partial charge in [0.2, 0.25) is 0 Å². The van der Waals surface area contributed by atoms with E-state index >= 15 is 0 Å². The molecule has 3 aromatic carbocycles. The van der Waals surface area contributed by atoms with Crippen LogP contribution in [0.3, 0.4) is 0 Å². The van der Waals surface area contributed by atoms with Gasteiger partial charge >= 0.3 is 0 Å². The van der Waals surface area contributed by atoms with Crippen LogP contribution in [0.1, 0.15) is 29.2 Å². The van der Waals surface area contributed by atoms with Gasteiger partial charge in [-0.1, -0.05) is 41.9 Å². The number of benzene rings is 3. The van der Waals surface area contributed by atoms with Crippen LogP contribution < -0.4 is 10.1 Å². The van der Waals surface area contributed by atoms with Gasteiger partial charge in [-0.3, -0.25) is 4.79 Å². The quantitative estimate of drug-likeness (QED) is 0.339. The zero-order chi connectivity index (χ0) is 23.1. The van der Waals surface area contributed by atoms with Crippen molar-refractivity contribution in [1.82, 2.24) is 0 Å². The summed E-state index contributed by atoms with van der Waals surface area (Å²) in [6.45, 7) is 4.18. The molecule has 6 heteroatoms. The minimum atomic E-state index is -0.533. The van der Waals surface area contributed by atoms with Gasteiger partial charge in [0.1, 0.15) is 23.2 Å². The number of amides is 1. The van der Waals surface area contributed by atoms with Crippen molar-refractivity contribution in [3.05, 3.63) is 99.3 Å². The highest BCUT2D eigenvalue weighted by molar-refractivity contribution is 6.31. The van der Waals surface area contributed by atoms with Gasteiger partial charge in [-0.25, -0.2) is 4.39 Å². The van der Waals surface area contributed by atoms with E-state index in [1.807, 2.05) is 32.0 Å². The molecule has 3 aromatic rings. The molecule has 162 valence electrons. The molecule has 0 aliphatic heterocycles. The molecule has 3 rings (SSSR count). The fourth-order valence-electron chi connectivity index (χ4n) is 3.15. The fraction of sp³-hybridized carbons (Fsp3) is 0.154. The number of hydrogen-bond acceptors (Lipinski definition) is 3. The summed E-state index contributed by atoms with van der Waals surface area (Å²) in [7, 11) is 0. The van der Waals surface area contributed by atoms with Crippen molar-refractivity contribution in [3.63, 3.8) is 0 Å². The summed E-state index contributed by atoms with van der Waals surface area (Å²) in [4.78, 5) is 12.6. The maximum atomic E-state index is 13.5. The Bertz CT molecular complexity index is 1210. The van der Waals surface area contributed by atoms with Crippen LogP contribution in [0.4, 0.5) is 10.1 Å². The normalized spacial score (nSPS) is 11.0. The lowest BCUT2D eigenvalue weighted by atomic mass is 10.0. The second-order valence-corrected chi connectivity index (χ2v) is 7.60. The highest BCUT2D eigenvalue weighted by atomic mass is 35.5. The average Bonchev–Trinajstić information content (AvgIpc) is 2.76. The third kappa shape index (κ3) is 5.96. The van der Waals surface area contributed by atoms with Crippen molar-refractivity contribution in [3.8, 4) is 11.8 Å². The molecule has 0 atom stereocenters. The lowest BCUT2D eigenvalue weighted by molar-refractivity contribution is -0.112. The van der Waals surface area contributed by atoms with E-state index < -0.39 is 5.91 Å². The molecule has 0 aromatic heterocycles. The zero-order valence-corrected chi connectivity index (χ0v) is 18.5. The number of ether oxygens (including phenoxy) is 1. The third-order valence-corrected chi connectivity index (χ3v) is 5.19. The standard InChI is InChI=1S/C26H22ClFN2O2/c1-3-32-25-14-19(8-9-20(25)11-18-5-4-6-22(28)13-18)12-21(16-29)26(31)30-23-10-7-17(2)24(27)15-23/h4-10,12-15H,3,11H2,1-2H3,(H,30,31)/b21-12+. The minimum Gasteiger partial charge on any atom is -0.494 e. The summed E-state index contributed by atoms with van der Waals surface area (Å²) in [6, 6.07) is 18.9. The Balaban J connectivity index is 1.84. The first kappa shape index (κ1) is 23.1. The molecule has 0 bridgehead atoms. The lowest BCUT2D eigenvalue weighted by Gasteiger charge is -2.12. The largest absolute Gasteiger partial charge is 0.494 e. The van der Waals surface area contributed by atoms with Crippen molar-refractivity contribution < 1.29 is 13.9 Å². The van der Waals surface area contributed by atoms with Crippen molar-refractivity contribution in [2.45, 2.75) is 20.3 Å². The molecular weight excluding hydrogens is 427 g/mol. The first-order valence-electron chi connectivity index (χ1n) is 10.1. The van der Waals surface area contributed by atoms with Crippen LogP contribution in [-0.4, -0.2) is 12.5 Å². The van der Waals surface area contributed by atoms with Crippen molar-refractivity contribution >= 4 is 29.3 Å². The number of nitrogens with zero attached hydrogens (tertiary/aromatic N) is 1. The van der Waals surface area contributed by atoms with Crippen molar-refractivity contribution in [1.29, 1.82) is 5.26 Å². The van der Waals surface area contributed by atoms with E-state index in [9.17, 15) is 14.4 Å². The molecule has 0 saturated carbocycles. The lowest BCUT2D eigenvalue weighted by Crippen LogP contribution is -2.13. The van der Waals surface area contributed by atoms with Gasteiger partial charge in [-0.05, 0) is 72.5 Å². The van der Waals surface area contributed by atoms with Gasteiger partial charge < -0.3 is 10.1 Å². The molecule has 4 nitrogen and oxygen atoms in total. The highest BCUT2D eigenvalue weighted by Crippen LogP contribution is 2.26. The number of aryl methyl sites for hydroxylation is 1. The summed E-state index contributed by atoms with van der Waals surface area (Å²) in [5.41, 5.74) is 3.69. The van der Waals surface area contributed by atoms with Gasteiger partial charge in [-0.2, -0.15) is 5.26 Å². The number of carbonyl (C=O) groups is 1. The summed E-state index contributed by atoms with van der Waals surface area (Å²) in [6.07, 6.45) is 2.00. The number of nitrogens with one attached hydrogen (secondary N) is 1. The van der Waals surface area contributed by atoms with Gasteiger partial charge in [0.15, 0.2) is 0 Å². The van der Waals surface area contributed by atoms with Gasteiger partial charge in [0.25, 0.3) is 5.91 Å². The Labute approximate surface area is 191 Å². The van der Waals surface area contributed by atoms with Crippen LogP contribution in [0.25, 0.3) is 6.08 Å². The fourth-order valence-corrected chi connectivity index (χ4v) is 3.33. The van der Waals surface area contributed by atoms with Crippen LogP contribution in [-0.2, 0) is 11.2 Å². The Kier molecular flexibility index (Phi) is 7.64. The molecule has 0 aliphatic carbocycles. The number of nitriles is 1. The molecule has 0 radical (unpaired) electrons. The number of carbonyl (C=O) groups excluding carboxylic acids is 1. The number of rotatable bonds is 7. The van der Waals surface area contributed by atoms with Crippen LogP contribution in [0.15, 0.2) is 66.2 Å². The van der Waals surface area contributed by atoms with E-state index in [0.29, 0.717) is 35.1 Å². The molecule has 0 unspecified atom stereocenters. The third-order valence-electron chi connectivity index (χ3n) is 4.78. The predicted octanol–water partition coefficient (Wildman–Crippen LogP) is 6.32. The smallest absolute Gasteiger partial charge is 0.266 e. The van der Waals surface area contributed by atoms with E-state index in [4.69, 9.17) is 16.3 Å². The summed E-state index contributed by atoms with van der Waals surface area (Å²) in [5, 5.41) is 12.7. The second kappa shape index (κ2) is 10.6. The molecule has 0 aliphatic rings. The molecule has 0 fully saturated rings. The molecule has 32 heavy (non-hydrogen) atoms. The molecular formula is C26H22ClFN2O2. The van der Waals surface area contributed by atoms with Crippen molar-refractivity contribution in [2.75, 3.05) is 11.9 Å². The van der Waals surface area contributed by atoms with Crippen LogP contribution in [0, 0.1) is 24.1 Å².